The highest BCUT2D eigenvalue weighted by molar-refractivity contribution is 5.85. The van der Waals surface area contributed by atoms with Crippen LogP contribution in [0.1, 0.15) is 39.0 Å². The van der Waals surface area contributed by atoms with Crippen LogP contribution in [0.15, 0.2) is 0 Å². The Bertz CT molecular complexity index is 420. The molecule has 0 aromatic heterocycles. The lowest BCUT2D eigenvalue weighted by Crippen LogP contribution is -2.45. The number of carboxylic acids is 1. The maximum Gasteiger partial charge on any atom is 0.406 e. The van der Waals surface area contributed by atoms with Crippen molar-refractivity contribution in [3.8, 4) is 0 Å². The molecule has 2 saturated carbocycles. The van der Waals surface area contributed by atoms with E-state index in [9.17, 15) is 27.9 Å². The second-order valence-corrected chi connectivity index (χ2v) is 6.11. The Morgan fingerprint density at radius 1 is 1.19 bits per heavy atom. The molecular weight excluding hydrogens is 287 g/mol. The molecule has 120 valence electrons. The van der Waals surface area contributed by atoms with Crippen LogP contribution in [0.2, 0.25) is 0 Å². The van der Waals surface area contributed by atoms with Crippen LogP contribution in [-0.2, 0) is 9.59 Å². The van der Waals surface area contributed by atoms with E-state index in [-0.39, 0.29) is 12.0 Å². The number of carbonyl (C=O) groups excluding carboxylic acids is 1. The second-order valence-electron chi connectivity index (χ2n) is 6.11. The van der Waals surface area contributed by atoms with Crippen molar-refractivity contribution in [1.29, 1.82) is 0 Å². The molecule has 4 nitrogen and oxygen atoms in total. The van der Waals surface area contributed by atoms with Crippen molar-refractivity contribution in [2.24, 2.45) is 17.8 Å². The van der Waals surface area contributed by atoms with E-state index in [0.29, 0.717) is 25.7 Å². The summed E-state index contributed by atoms with van der Waals surface area (Å²) in [7, 11) is 0. The van der Waals surface area contributed by atoms with E-state index in [0.717, 1.165) is 11.3 Å². The van der Waals surface area contributed by atoms with Gasteiger partial charge in [-0.3, -0.25) is 9.59 Å². The standard InChI is InChI=1S/C14H20F3NO3/c1-2-8-5-10(11(6-8)13(20)21)12(19)18(9-3-4-9)7-14(15,16)17/h8-11H,2-7H2,1H3,(H,20,21). The zero-order chi connectivity index (χ0) is 15.8. The molecule has 2 fully saturated rings. The van der Waals surface area contributed by atoms with E-state index < -0.39 is 36.4 Å². The van der Waals surface area contributed by atoms with E-state index in [1.807, 2.05) is 6.92 Å². The van der Waals surface area contributed by atoms with E-state index >= 15 is 0 Å². The predicted molar refractivity (Wildman–Crippen MR) is 68.4 cm³/mol. The third kappa shape index (κ3) is 3.89. The highest BCUT2D eigenvalue weighted by atomic mass is 19.4. The topological polar surface area (TPSA) is 57.6 Å². The van der Waals surface area contributed by atoms with E-state index in [2.05, 4.69) is 0 Å². The van der Waals surface area contributed by atoms with Gasteiger partial charge in [0.05, 0.1) is 11.8 Å². The molecule has 2 aliphatic carbocycles. The Hall–Kier alpha value is -1.27. The van der Waals surface area contributed by atoms with Gasteiger partial charge in [0.1, 0.15) is 6.54 Å². The van der Waals surface area contributed by atoms with Crippen LogP contribution < -0.4 is 0 Å². The first-order valence-electron chi connectivity index (χ1n) is 7.33. The Morgan fingerprint density at radius 2 is 1.76 bits per heavy atom. The molecule has 0 saturated heterocycles. The highest BCUT2D eigenvalue weighted by Gasteiger charge is 2.48. The number of rotatable bonds is 5. The summed E-state index contributed by atoms with van der Waals surface area (Å²) < 4.78 is 37.9. The molecule has 0 aromatic rings. The first-order valence-corrected chi connectivity index (χ1v) is 7.33. The second kappa shape index (κ2) is 5.85. The summed E-state index contributed by atoms with van der Waals surface area (Å²) in [6.45, 7) is 0.640. The van der Waals surface area contributed by atoms with Gasteiger partial charge < -0.3 is 10.0 Å². The third-order valence-corrected chi connectivity index (χ3v) is 4.49. The molecule has 0 radical (unpaired) electrons. The van der Waals surface area contributed by atoms with Gasteiger partial charge in [-0.15, -0.1) is 0 Å². The van der Waals surface area contributed by atoms with Gasteiger partial charge in [-0.25, -0.2) is 0 Å². The molecular formula is C14H20F3NO3. The van der Waals surface area contributed by atoms with Gasteiger partial charge in [-0.05, 0) is 31.6 Å². The molecule has 1 N–H and O–H groups in total. The molecule has 0 spiro atoms. The van der Waals surface area contributed by atoms with Crippen LogP contribution in [0.4, 0.5) is 13.2 Å². The number of carboxylic acid groups (broad SMARTS) is 1. The maximum absolute atomic E-state index is 12.6. The van der Waals surface area contributed by atoms with Gasteiger partial charge in [-0.2, -0.15) is 13.2 Å². The summed E-state index contributed by atoms with van der Waals surface area (Å²) in [6, 6.07) is -0.366. The smallest absolute Gasteiger partial charge is 0.406 e. The zero-order valence-electron chi connectivity index (χ0n) is 11.9. The Kier molecular flexibility index (Phi) is 4.49. The van der Waals surface area contributed by atoms with Crippen LogP contribution >= 0.6 is 0 Å². The fourth-order valence-electron chi connectivity index (χ4n) is 3.20. The molecule has 0 aliphatic heterocycles. The van der Waals surface area contributed by atoms with Crippen molar-refractivity contribution >= 4 is 11.9 Å². The average Bonchev–Trinajstić information content (AvgIpc) is 3.12. The van der Waals surface area contributed by atoms with Crippen LogP contribution in [0, 0.1) is 17.8 Å². The quantitative estimate of drug-likeness (QED) is 0.849. The predicted octanol–water partition coefficient (Wildman–Crippen LogP) is 2.68. The lowest BCUT2D eigenvalue weighted by atomic mass is 9.94. The Labute approximate surface area is 121 Å². The number of hydrogen-bond donors (Lipinski definition) is 1. The van der Waals surface area contributed by atoms with E-state index in [4.69, 9.17) is 0 Å². The fourth-order valence-corrected chi connectivity index (χ4v) is 3.20. The first-order chi connectivity index (χ1) is 9.73. The Morgan fingerprint density at radius 3 is 2.19 bits per heavy atom. The van der Waals surface area contributed by atoms with Crippen molar-refractivity contribution < 1.29 is 27.9 Å². The summed E-state index contributed by atoms with van der Waals surface area (Å²) in [5.41, 5.74) is 0. The summed E-state index contributed by atoms with van der Waals surface area (Å²) in [6.07, 6.45) is -1.79. The Balaban J connectivity index is 2.13. The number of nitrogens with zero attached hydrogens (tertiary/aromatic N) is 1. The minimum atomic E-state index is -4.44. The molecule has 1 amide bonds. The molecule has 7 heteroatoms. The lowest BCUT2D eigenvalue weighted by Gasteiger charge is -2.28. The summed E-state index contributed by atoms with van der Waals surface area (Å²) in [4.78, 5) is 24.6. The summed E-state index contributed by atoms with van der Waals surface area (Å²) in [5.74, 6) is -3.26. The number of hydrogen-bond acceptors (Lipinski definition) is 2. The lowest BCUT2D eigenvalue weighted by molar-refractivity contribution is -0.167. The van der Waals surface area contributed by atoms with Gasteiger partial charge in [0, 0.05) is 6.04 Å². The van der Waals surface area contributed by atoms with Gasteiger partial charge in [0.25, 0.3) is 0 Å². The van der Waals surface area contributed by atoms with Gasteiger partial charge in [0.15, 0.2) is 0 Å². The SMILES string of the molecule is CCC1CC(C(=O)O)C(C(=O)N(CC(F)(F)F)C2CC2)C1. The normalized spacial score (nSPS) is 29.4. The summed E-state index contributed by atoms with van der Waals surface area (Å²) in [5, 5.41) is 9.22. The number of carbonyl (C=O) groups is 2. The number of aliphatic carboxylic acids is 1. The highest BCUT2D eigenvalue weighted by Crippen LogP contribution is 2.41. The largest absolute Gasteiger partial charge is 0.481 e. The van der Waals surface area contributed by atoms with Gasteiger partial charge in [-0.1, -0.05) is 13.3 Å². The molecule has 2 aliphatic rings. The molecule has 3 atom stereocenters. The van der Waals surface area contributed by atoms with Crippen molar-refractivity contribution in [1.82, 2.24) is 4.90 Å². The minimum Gasteiger partial charge on any atom is -0.481 e. The average molecular weight is 307 g/mol. The molecule has 21 heavy (non-hydrogen) atoms. The molecule has 0 bridgehead atoms. The van der Waals surface area contributed by atoms with Crippen LogP contribution in [0.3, 0.4) is 0 Å². The first kappa shape index (κ1) is 16.1. The molecule has 2 rings (SSSR count). The molecule has 0 heterocycles. The van der Waals surface area contributed by atoms with Crippen LogP contribution in [0.25, 0.3) is 0 Å². The van der Waals surface area contributed by atoms with Gasteiger partial charge >= 0.3 is 12.1 Å². The zero-order valence-corrected chi connectivity index (χ0v) is 11.9. The molecule has 3 unspecified atom stereocenters. The summed E-state index contributed by atoms with van der Waals surface area (Å²) >= 11 is 0. The van der Waals surface area contributed by atoms with Gasteiger partial charge in [0.2, 0.25) is 5.91 Å². The maximum atomic E-state index is 12.6. The van der Waals surface area contributed by atoms with Crippen LogP contribution in [-0.4, -0.2) is 40.6 Å². The van der Waals surface area contributed by atoms with Crippen molar-refractivity contribution in [3.05, 3.63) is 0 Å². The third-order valence-electron chi connectivity index (χ3n) is 4.49. The number of amides is 1. The van der Waals surface area contributed by atoms with Crippen molar-refractivity contribution in [3.63, 3.8) is 0 Å². The van der Waals surface area contributed by atoms with E-state index in [1.165, 1.54) is 0 Å². The number of alkyl halides is 3. The number of halogens is 3. The fraction of sp³-hybridized carbons (Fsp3) is 0.857. The minimum absolute atomic E-state index is 0.104. The van der Waals surface area contributed by atoms with Crippen LogP contribution in [0.5, 0.6) is 0 Å². The van der Waals surface area contributed by atoms with E-state index in [1.54, 1.807) is 0 Å². The van der Waals surface area contributed by atoms with Crippen molar-refractivity contribution in [2.45, 2.75) is 51.2 Å². The molecule has 0 aromatic carbocycles. The monoisotopic (exact) mass is 307 g/mol. The van der Waals surface area contributed by atoms with Crippen molar-refractivity contribution in [2.75, 3.05) is 6.54 Å².